The van der Waals surface area contributed by atoms with Crippen molar-refractivity contribution < 1.29 is 4.79 Å². The second-order valence-electron chi connectivity index (χ2n) is 4.54. The average Bonchev–Trinajstić information content (AvgIpc) is 2.11. The fourth-order valence-electron chi connectivity index (χ4n) is 1.57. The maximum absolute atomic E-state index is 11.6. The molecule has 0 bridgehead atoms. The van der Waals surface area contributed by atoms with Crippen molar-refractivity contribution in [2.24, 2.45) is 5.92 Å². The summed E-state index contributed by atoms with van der Waals surface area (Å²) in [5, 5.41) is 6.30. The van der Waals surface area contributed by atoms with Crippen molar-refractivity contribution in [3.63, 3.8) is 0 Å². The molecule has 0 spiro atoms. The number of rotatable bonds is 5. The van der Waals surface area contributed by atoms with Crippen molar-refractivity contribution in [2.45, 2.75) is 45.6 Å². The summed E-state index contributed by atoms with van der Waals surface area (Å²) >= 11 is 0. The second-order valence-corrected chi connectivity index (χ2v) is 4.54. The van der Waals surface area contributed by atoms with Crippen LogP contribution in [0.25, 0.3) is 0 Å². The Kier molecular flexibility index (Phi) is 3.93. The highest BCUT2D eigenvalue weighted by atomic mass is 16.1. The van der Waals surface area contributed by atoms with Crippen LogP contribution in [0.3, 0.4) is 0 Å². The molecule has 1 heterocycles. The first-order valence-corrected chi connectivity index (χ1v) is 5.61. The third-order valence-electron chi connectivity index (χ3n) is 3.34. The van der Waals surface area contributed by atoms with Gasteiger partial charge in [0.25, 0.3) is 0 Å². The van der Waals surface area contributed by atoms with Crippen LogP contribution >= 0.6 is 0 Å². The summed E-state index contributed by atoms with van der Waals surface area (Å²) in [7, 11) is 0. The first kappa shape index (κ1) is 11.5. The van der Waals surface area contributed by atoms with Crippen LogP contribution in [0, 0.1) is 5.92 Å². The van der Waals surface area contributed by atoms with Gasteiger partial charge in [0.05, 0.1) is 0 Å². The third kappa shape index (κ3) is 2.98. The fourth-order valence-corrected chi connectivity index (χ4v) is 1.57. The largest absolute Gasteiger partial charge is 0.351 e. The van der Waals surface area contributed by atoms with Gasteiger partial charge in [-0.15, -0.1) is 0 Å². The molecule has 0 saturated carbocycles. The van der Waals surface area contributed by atoms with E-state index in [0.717, 1.165) is 25.9 Å². The molecule has 3 nitrogen and oxygen atoms in total. The molecule has 3 heteroatoms. The van der Waals surface area contributed by atoms with Gasteiger partial charge in [0.15, 0.2) is 0 Å². The molecule has 1 rings (SSSR count). The molecule has 0 unspecified atom stereocenters. The van der Waals surface area contributed by atoms with Crippen molar-refractivity contribution >= 4 is 5.91 Å². The first-order chi connectivity index (χ1) is 6.59. The number of carbonyl (C=O) groups excluding carboxylic acids is 1. The van der Waals surface area contributed by atoms with E-state index in [1.165, 1.54) is 0 Å². The van der Waals surface area contributed by atoms with Crippen molar-refractivity contribution in [3.8, 4) is 0 Å². The second kappa shape index (κ2) is 4.78. The van der Waals surface area contributed by atoms with E-state index in [1.54, 1.807) is 0 Å². The fraction of sp³-hybridized carbons (Fsp3) is 0.909. The van der Waals surface area contributed by atoms with E-state index >= 15 is 0 Å². The number of carbonyl (C=O) groups is 1. The molecular weight excluding hydrogens is 176 g/mol. The van der Waals surface area contributed by atoms with E-state index in [2.05, 4.69) is 31.4 Å². The van der Waals surface area contributed by atoms with Gasteiger partial charge in [-0.25, -0.2) is 0 Å². The number of amides is 1. The molecule has 0 aromatic rings. The van der Waals surface area contributed by atoms with Gasteiger partial charge >= 0.3 is 0 Å². The average molecular weight is 198 g/mol. The van der Waals surface area contributed by atoms with Crippen molar-refractivity contribution in [1.29, 1.82) is 0 Å². The van der Waals surface area contributed by atoms with Crippen LogP contribution in [0.15, 0.2) is 0 Å². The van der Waals surface area contributed by atoms with Crippen molar-refractivity contribution in [3.05, 3.63) is 0 Å². The van der Waals surface area contributed by atoms with Crippen LogP contribution in [-0.4, -0.2) is 24.5 Å². The van der Waals surface area contributed by atoms with Gasteiger partial charge in [0, 0.05) is 12.0 Å². The maximum Gasteiger partial charge on any atom is 0.220 e. The summed E-state index contributed by atoms with van der Waals surface area (Å²) in [6.07, 6.45) is 2.68. The van der Waals surface area contributed by atoms with E-state index in [4.69, 9.17) is 0 Å². The SMILES string of the molecule is CCC(C)(CC)NC(=O)CC1CNC1. The minimum atomic E-state index is -0.00570. The first-order valence-electron chi connectivity index (χ1n) is 5.61. The predicted molar refractivity (Wildman–Crippen MR) is 58.1 cm³/mol. The molecule has 0 radical (unpaired) electrons. The molecule has 0 atom stereocenters. The van der Waals surface area contributed by atoms with E-state index in [9.17, 15) is 4.79 Å². The Bertz CT molecular complexity index is 195. The number of hydrogen-bond donors (Lipinski definition) is 2. The molecule has 1 saturated heterocycles. The highest BCUT2D eigenvalue weighted by Crippen LogP contribution is 2.15. The minimum absolute atomic E-state index is 0.00570. The smallest absolute Gasteiger partial charge is 0.220 e. The summed E-state index contributed by atoms with van der Waals surface area (Å²) < 4.78 is 0. The molecule has 82 valence electrons. The lowest BCUT2D eigenvalue weighted by Crippen LogP contribution is -2.49. The molecule has 2 N–H and O–H groups in total. The van der Waals surface area contributed by atoms with E-state index in [-0.39, 0.29) is 11.4 Å². The number of nitrogens with one attached hydrogen (secondary N) is 2. The van der Waals surface area contributed by atoms with E-state index in [1.807, 2.05) is 0 Å². The Morgan fingerprint density at radius 3 is 2.36 bits per heavy atom. The summed E-state index contributed by atoms with van der Waals surface area (Å²) in [4.78, 5) is 11.6. The Balaban J connectivity index is 2.30. The molecule has 0 aromatic heterocycles. The maximum atomic E-state index is 11.6. The van der Waals surface area contributed by atoms with Gasteiger partial charge in [0.2, 0.25) is 5.91 Å². The van der Waals surface area contributed by atoms with Crippen LogP contribution in [-0.2, 0) is 4.79 Å². The molecule has 14 heavy (non-hydrogen) atoms. The lowest BCUT2D eigenvalue weighted by Gasteiger charge is -2.31. The van der Waals surface area contributed by atoms with Gasteiger partial charge in [-0.3, -0.25) is 4.79 Å². The molecule has 1 aliphatic rings. The Morgan fingerprint density at radius 2 is 2.00 bits per heavy atom. The van der Waals surface area contributed by atoms with Crippen LogP contribution in [0.4, 0.5) is 0 Å². The lowest BCUT2D eigenvalue weighted by molar-refractivity contribution is -0.124. The van der Waals surface area contributed by atoms with E-state index < -0.39 is 0 Å². The Morgan fingerprint density at radius 1 is 1.43 bits per heavy atom. The van der Waals surface area contributed by atoms with Gasteiger partial charge < -0.3 is 10.6 Å². The molecule has 1 fully saturated rings. The zero-order valence-corrected chi connectivity index (χ0v) is 9.52. The molecular formula is C11H22N2O. The summed E-state index contributed by atoms with van der Waals surface area (Å²) in [6.45, 7) is 8.36. The van der Waals surface area contributed by atoms with Gasteiger partial charge in [0.1, 0.15) is 0 Å². The molecule has 1 amide bonds. The van der Waals surface area contributed by atoms with Gasteiger partial charge in [-0.2, -0.15) is 0 Å². The Hall–Kier alpha value is -0.570. The summed E-state index contributed by atoms with van der Waals surface area (Å²) in [5.41, 5.74) is -0.00570. The Labute approximate surface area is 86.6 Å². The number of hydrogen-bond acceptors (Lipinski definition) is 2. The van der Waals surface area contributed by atoms with Gasteiger partial charge in [-0.05, 0) is 38.8 Å². The summed E-state index contributed by atoms with van der Waals surface area (Å²) in [5.74, 6) is 0.774. The van der Waals surface area contributed by atoms with Crippen LogP contribution in [0.5, 0.6) is 0 Å². The molecule has 0 aromatic carbocycles. The highest BCUT2D eigenvalue weighted by Gasteiger charge is 2.25. The van der Waals surface area contributed by atoms with Crippen molar-refractivity contribution in [2.75, 3.05) is 13.1 Å². The monoisotopic (exact) mass is 198 g/mol. The third-order valence-corrected chi connectivity index (χ3v) is 3.34. The quantitative estimate of drug-likeness (QED) is 0.699. The lowest BCUT2D eigenvalue weighted by atomic mass is 9.93. The molecule has 0 aliphatic carbocycles. The van der Waals surface area contributed by atoms with E-state index in [0.29, 0.717) is 12.3 Å². The topological polar surface area (TPSA) is 41.1 Å². The van der Waals surface area contributed by atoms with Gasteiger partial charge in [-0.1, -0.05) is 13.8 Å². The highest BCUT2D eigenvalue weighted by molar-refractivity contribution is 5.77. The standard InChI is InChI=1S/C11H22N2O/c1-4-11(3,5-2)13-10(14)6-9-7-12-8-9/h9,12H,4-8H2,1-3H3,(H,13,14). The van der Waals surface area contributed by atoms with Crippen LogP contribution < -0.4 is 10.6 Å². The zero-order valence-electron chi connectivity index (χ0n) is 9.52. The summed E-state index contributed by atoms with van der Waals surface area (Å²) in [6, 6.07) is 0. The minimum Gasteiger partial charge on any atom is -0.351 e. The van der Waals surface area contributed by atoms with Crippen LogP contribution in [0.2, 0.25) is 0 Å². The molecule has 1 aliphatic heterocycles. The van der Waals surface area contributed by atoms with Crippen LogP contribution in [0.1, 0.15) is 40.0 Å². The zero-order chi connectivity index (χ0) is 10.6. The normalized spacial score (nSPS) is 17.6. The predicted octanol–water partition coefficient (Wildman–Crippen LogP) is 1.29. The van der Waals surface area contributed by atoms with Crippen molar-refractivity contribution in [1.82, 2.24) is 10.6 Å².